The lowest BCUT2D eigenvalue weighted by Gasteiger charge is -2.09. The topological polar surface area (TPSA) is 94.8 Å². The number of nitrogens with one attached hydrogen (secondary N) is 1. The first-order valence-corrected chi connectivity index (χ1v) is 10.3. The number of halogens is 1. The Morgan fingerprint density at radius 2 is 2.06 bits per heavy atom. The van der Waals surface area contributed by atoms with E-state index in [1.54, 1.807) is 34.3 Å². The van der Waals surface area contributed by atoms with Crippen molar-refractivity contribution in [3.63, 3.8) is 0 Å². The normalized spacial score (nSPS) is 11.0. The first-order valence-electron chi connectivity index (χ1n) is 9.45. The van der Waals surface area contributed by atoms with Gasteiger partial charge in [0.2, 0.25) is 0 Å². The van der Waals surface area contributed by atoms with Crippen LogP contribution in [-0.2, 0) is 0 Å². The molecule has 4 rings (SSSR count). The first-order chi connectivity index (χ1) is 15.0. The van der Waals surface area contributed by atoms with Gasteiger partial charge < -0.3 is 4.74 Å². The van der Waals surface area contributed by atoms with Crippen LogP contribution in [0.4, 0.5) is 9.52 Å². The lowest BCUT2D eigenvalue weighted by atomic mass is 10.1. The van der Waals surface area contributed by atoms with Gasteiger partial charge in [0.1, 0.15) is 11.6 Å². The summed E-state index contributed by atoms with van der Waals surface area (Å²) in [5, 5.41) is 16.7. The average Bonchev–Trinajstić information content (AvgIpc) is 3.44. The Balaban J connectivity index is 1.56. The fourth-order valence-electron chi connectivity index (χ4n) is 3.04. The third kappa shape index (κ3) is 4.29. The van der Waals surface area contributed by atoms with Gasteiger partial charge in [0, 0.05) is 22.1 Å². The van der Waals surface area contributed by atoms with Gasteiger partial charge >= 0.3 is 0 Å². The predicted molar refractivity (Wildman–Crippen MR) is 116 cm³/mol. The number of tetrazole rings is 1. The van der Waals surface area contributed by atoms with Crippen LogP contribution in [0.25, 0.3) is 22.6 Å². The molecule has 4 aromatic rings. The van der Waals surface area contributed by atoms with E-state index in [0.717, 1.165) is 5.56 Å². The molecule has 0 spiro atoms. The van der Waals surface area contributed by atoms with E-state index in [-0.39, 0.29) is 11.9 Å². The first kappa shape index (κ1) is 20.6. The predicted octanol–water partition coefficient (Wildman–Crippen LogP) is 4.44. The van der Waals surface area contributed by atoms with Gasteiger partial charge in [-0.15, -0.1) is 16.4 Å². The number of nitrogens with zero attached hydrogens (tertiary/aromatic N) is 5. The number of anilines is 1. The van der Waals surface area contributed by atoms with E-state index in [1.165, 1.54) is 30.6 Å². The summed E-state index contributed by atoms with van der Waals surface area (Å²) >= 11 is 1.24. The number of benzene rings is 2. The molecule has 10 heteroatoms. The van der Waals surface area contributed by atoms with Gasteiger partial charge in [-0.25, -0.2) is 14.1 Å². The smallest absolute Gasteiger partial charge is 0.257 e. The number of rotatable bonds is 6. The van der Waals surface area contributed by atoms with Crippen molar-refractivity contribution in [2.45, 2.75) is 19.9 Å². The van der Waals surface area contributed by atoms with Crippen molar-refractivity contribution in [1.82, 2.24) is 25.2 Å². The lowest BCUT2D eigenvalue weighted by Crippen LogP contribution is -2.12. The maximum Gasteiger partial charge on any atom is 0.257 e. The Morgan fingerprint density at radius 1 is 1.23 bits per heavy atom. The number of hydrogen-bond donors (Lipinski definition) is 1. The summed E-state index contributed by atoms with van der Waals surface area (Å²) in [6.45, 7) is 3.95. The van der Waals surface area contributed by atoms with Crippen molar-refractivity contribution in [3.8, 4) is 28.4 Å². The molecule has 0 unspecified atom stereocenters. The largest absolute Gasteiger partial charge is 0.496 e. The lowest BCUT2D eigenvalue weighted by molar-refractivity contribution is 0.102. The van der Waals surface area contributed by atoms with Crippen molar-refractivity contribution in [3.05, 3.63) is 59.2 Å². The van der Waals surface area contributed by atoms with Gasteiger partial charge in [-0.2, -0.15) is 0 Å². The second-order valence-electron chi connectivity index (χ2n) is 6.96. The molecule has 8 nitrogen and oxygen atoms in total. The molecule has 1 N–H and O–H groups in total. The van der Waals surface area contributed by atoms with E-state index in [2.05, 4.69) is 25.8 Å². The van der Waals surface area contributed by atoms with Crippen LogP contribution in [0.2, 0.25) is 0 Å². The van der Waals surface area contributed by atoms with Crippen LogP contribution in [0, 0.1) is 5.82 Å². The van der Waals surface area contributed by atoms with Crippen LogP contribution in [0.3, 0.4) is 0 Å². The maximum atomic E-state index is 13.7. The number of carbonyl (C=O) groups excluding carboxylic acids is 1. The summed E-state index contributed by atoms with van der Waals surface area (Å²) in [7, 11) is 1.51. The van der Waals surface area contributed by atoms with E-state index in [9.17, 15) is 9.18 Å². The molecule has 158 valence electrons. The quantitative estimate of drug-likeness (QED) is 0.478. The number of thiazole rings is 1. The van der Waals surface area contributed by atoms with Gasteiger partial charge in [-0.3, -0.25) is 10.1 Å². The number of ether oxygens (including phenoxy) is 1. The molecule has 2 aromatic carbocycles. The van der Waals surface area contributed by atoms with Crippen LogP contribution in [0.1, 0.15) is 30.2 Å². The fraction of sp³-hybridized carbons (Fsp3) is 0.190. The van der Waals surface area contributed by atoms with Crippen molar-refractivity contribution >= 4 is 22.4 Å². The van der Waals surface area contributed by atoms with Crippen LogP contribution in [0.5, 0.6) is 5.75 Å². The van der Waals surface area contributed by atoms with Crippen LogP contribution in [0.15, 0.2) is 47.8 Å². The van der Waals surface area contributed by atoms with Crippen molar-refractivity contribution in [2.75, 3.05) is 12.4 Å². The number of carbonyl (C=O) groups is 1. The standard InChI is InChI=1S/C21H19FN6O2S/c1-12(2)28-19(25-26-27-28)13-5-4-6-14(9-13)20(29)24-21-23-17(11-31-21)16-10-15(22)7-8-18(16)30-3/h4-12H,1-3H3,(H,23,24,29). The molecule has 0 fully saturated rings. The van der Waals surface area contributed by atoms with Crippen LogP contribution >= 0.6 is 11.3 Å². The molecule has 0 radical (unpaired) electrons. The number of amides is 1. The van der Waals surface area contributed by atoms with Crippen LogP contribution in [-0.4, -0.2) is 38.2 Å². The fourth-order valence-corrected chi connectivity index (χ4v) is 3.74. The molecule has 0 bridgehead atoms. The molecule has 0 aliphatic heterocycles. The minimum Gasteiger partial charge on any atom is -0.496 e. The zero-order chi connectivity index (χ0) is 22.0. The molecule has 2 aromatic heterocycles. The summed E-state index contributed by atoms with van der Waals surface area (Å²) in [5.74, 6) is 0.368. The summed E-state index contributed by atoms with van der Waals surface area (Å²) in [6.07, 6.45) is 0. The SMILES string of the molecule is COc1ccc(F)cc1-c1csc(NC(=O)c2cccc(-c3nnnn3C(C)C)c2)n1. The van der Waals surface area contributed by atoms with Crippen LogP contribution < -0.4 is 10.1 Å². The molecule has 0 atom stereocenters. The van der Waals surface area contributed by atoms with Gasteiger partial charge in [-0.05, 0) is 54.6 Å². The van der Waals surface area contributed by atoms with E-state index in [1.807, 2.05) is 19.9 Å². The molecule has 0 aliphatic carbocycles. The average molecular weight is 438 g/mol. The minimum absolute atomic E-state index is 0.0797. The van der Waals surface area contributed by atoms with E-state index >= 15 is 0 Å². The van der Waals surface area contributed by atoms with E-state index in [0.29, 0.717) is 33.5 Å². The summed E-state index contributed by atoms with van der Waals surface area (Å²) in [4.78, 5) is 17.2. The third-order valence-corrected chi connectivity index (χ3v) is 5.28. The molecular weight excluding hydrogens is 419 g/mol. The van der Waals surface area contributed by atoms with Gasteiger partial charge in [0.15, 0.2) is 11.0 Å². The Morgan fingerprint density at radius 3 is 2.84 bits per heavy atom. The molecular formula is C21H19FN6O2S. The number of aromatic nitrogens is 5. The highest BCUT2D eigenvalue weighted by molar-refractivity contribution is 7.14. The Kier molecular flexibility index (Phi) is 5.72. The highest BCUT2D eigenvalue weighted by Gasteiger charge is 2.16. The Hall–Kier alpha value is -3.66. The maximum absolute atomic E-state index is 13.7. The van der Waals surface area contributed by atoms with Gasteiger partial charge in [-0.1, -0.05) is 12.1 Å². The minimum atomic E-state index is -0.394. The summed E-state index contributed by atoms with van der Waals surface area (Å²) in [6, 6.07) is 11.3. The Labute approximate surface area is 181 Å². The number of hydrogen-bond acceptors (Lipinski definition) is 7. The second kappa shape index (κ2) is 8.60. The zero-order valence-corrected chi connectivity index (χ0v) is 17.9. The second-order valence-corrected chi connectivity index (χ2v) is 7.82. The molecule has 31 heavy (non-hydrogen) atoms. The van der Waals surface area contributed by atoms with Crippen molar-refractivity contribution in [1.29, 1.82) is 0 Å². The van der Waals surface area contributed by atoms with Crippen molar-refractivity contribution < 1.29 is 13.9 Å². The molecule has 0 saturated carbocycles. The molecule has 0 saturated heterocycles. The summed E-state index contributed by atoms with van der Waals surface area (Å²) in [5.41, 5.74) is 2.20. The highest BCUT2D eigenvalue weighted by atomic mass is 32.1. The van der Waals surface area contributed by atoms with Crippen molar-refractivity contribution in [2.24, 2.45) is 0 Å². The number of methoxy groups -OCH3 is 1. The third-order valence-electron chi connectivity index (χ3n) is 4.53. The van der Waals surface area contributed by atoms with E-state index in [4.69, 9.17) is 4.74 Å². The molecule has 1 amide bonds. The van der Waals surface area contributed by atoms with Gasteiger partial charge in [0.25, 0.3) is 5.91 Å². The highest BCUT2D eigenvalue weighted by Crippen LogP contribution is 2.33. The van der Waals surface area contributed by atoms with Gasteiger partial charge in [0.05, 0.1) is 18.8 Å². The molecule has 2 heterocycles. The monoisotopic (exact) mass is 438 g/mol. The van der Waals surface area contributed by atoms with E-state index < -0.39 is 5.82 Å². The zero-order valence-electron chi connectivity index (χ0n) is 17.0. The molecule has 0 aliphatic rings. The summed E-state index contributed by atoms with van der Waals surface area (Å²) < 4.78 is 20.6. The Bertz CT molecular complexity index is 1240.